The van der Waals surface area contributed by atoms with Crippen LogP contribution in [0.2, 0.25) is 0 Å². The minimum absolute atomic E-state index is 0. The zero-order chi connectivity index (χ0) is 22.5. The molecule has 32 heavy (non-hydrogen) atoms. The summed E-state index contributed by atoms with van der Waals surface area (Å²) in [5.74, 6) is 2.64. The van der Waals surface area contributed by atoms with Gasteiger partial charge in [-0.1, -0.05) is 13.8 Å². The molecule has 9 heteroatoms. The van der Waals surface area contributed by atoms with E-state index >= 15 is 0 Å². The van der Waals surface area contributed by atoms with Crippen LogP contribution in [0.3, 0.4) is 0 Å². The van der Waals surface area contributed by atoms with Crippen molar-refractivity contribution >= 4 is 41.5 Å². The van der Waals surface area contributed by atoms with Crippen LogP contribution in [-0.4, -0.2) is 57.4 Å². The van der Waals surface area contributed by atoms with Crippen molar-refractivity contribution in [1.29, 1.82) is 0 Å². The molecule has 2 rings (SSSR count). The molecule has 1 heterocycles. The number of aliphatic imine (C=N–C) groups is 1. The highest BCUT2D eigenvalue weighted by Crippen LogP contribution is 2.32. The number of fused-ring (bicyclic) bond motifs is 1. The van der Waals surface area contributed by atoms with E-state index in [1.807, 2.05) is 32.0 Å². The number of hydrogen-bond acceptors (Lipinski definition) is 5. The Balaban J connectivity index is 0.00000512. The van der Waals surface area contributed by atoms with E-state index in [1.54, 1.807) is 0 Å². The van der Waals surface area contributed by atoms with Crippen molar-refractivity contribution in [3.05, 3.63) is 18.2 Å². The third kappa shape index (κ3) is 11.8. The Hall–Kier alpha value is -1.75. The zero-order valence-electron chi connectivity index (χ0n) is 19.7. The lowest BCUT2D eigenvalue weighted by Crippen LogP contribution is -2.36. The van der Waals surface area contributed by atoms with Crippen molar-refractivity contribution in [2.45, 2.75) is 53.0 Å². The van der Waals surface area contributed by atoms with Crippen molar-refractivity contribution < 1.29 is 19.0 Å². The fraction of sp³-hybridized carbons (Fsp3) is 0.652. The molecule has 0 bridgehead atoms. The number of halogens is 1. The van der Waals surface area contributed by atoms with E-state index in [0.29, 0.717) is 51.2 Å². The molecule has 0 saturated carbocycles. The van der Waals surface area contributed by atoms with Gasteiger partial charge in [0, 0.05) is 56.9 Å². The average Bonchev–Trinajstić information content (AvgIpc) is 2.94. The lowest BCUT2D eigenvalue weighted by atomic mass is 10.2. The van der Waals surface area contributed by atoms with Crippen molar-refractivity contribution in [2.75, 3.05) is 44.8 Å². The number of carbonyl (C=O) groups is 1. The standard InChI is InChI=1S/C23H38N4O4.HI/c1-17(2)16-29-12-5-10-24-23(25-11-9-22(28)26-18(3)4)27-19-7-8-20-21(15-19)31-14-6-13-30-20;/h7-8,15,17-18H,5-6,9-14,16H2,1-4H3,(H,26,28)(H2,24,25,27);1H. The van der Waals surface area contributed by atoms with E-state index < -0.39 is 0 Å². The minimum atomic E-state index is 0. The van der Waals surface area contributed by atoms with Gasteiger partial charge in [-0.25, -0.2) is 0 Å². The number of rotatable bonds is 11. The molecule has 0 fully saturated rings. The number of benzene rings is 1. The van der Waals surface area contributed by atoms with Crippen molar-refractivity contribution in [3.63, 3.8) is 0 Å². The molecule has 1 aromatic rings. The summed E-state index contributed by atoms with van der Waals surface area (Å²) in [6, 6.07) is 5.87. The summed E-state index contributed by atoms with van der Waals surface area (Å²) in [5, 5.41) is 9.44. The third-order valence-corrected chi connectivity index (χ3v) is 4.27. The first-order valence-corrected chi connectivity index (χ1v) is 11.3. The molecule has 0 atom stereocenters. The molecule has 0 aromatic heterocycles. The van der Waals surface area contributed by atoms with Gasteiger partial charge in [-0.2, -0.15) is 0 Å². The minimum Gasteiger partial charge on any atom is -0.490 e. The molecule has 182 valence electrons. The summed E-state index contributed by atoms with van der Waals surface area (Å²) in [5.41, 5.74) is 0.846. The zero-order valence-corrected chi connectivity index (χ0v) is 22.1. The Labute approximate surface area is 209 Å². The second kappa shape index (κ2) is 16.0. The fourth-order valence-electron chi connectivity index (χ4n) is 2.88. The fourth-order valence-corrected chi connectivity index (χ4v) is 2.88. The molecule has 0 radical (unpaired) electrons. The molecular formula is C23H39IN4O4. The number of carbonyl (C=O) groups excluding carboxylic acids is 1. The maximum Gasteiger partial charge on any atom is 0.221 e. The normalized spacial score (nSPS) is 13.4. The third-order valence-electron chi connectivity index (χ3n) is 4.27. The lowest BCUT2D eigenvalue weighted by Gasteiger charge is -2.15. The van der Waals surface area contributed by atoms with Gasteiger partial charge in [0.2, 0.25) is 5.91 Å². The predicted octanol–water partition coefficient (Wildman–Crippen LogP) is 3.80. The van der Waals surface area contributed by atoms with Crippen LogP contribution in [0.4, 0.5) is 5.69 Å². The van der Waals surface area contributed by atoms with Crippen molar-refractivity contribution in [1.82, 2.24) is 10.6 Å². The van der Waals surface area contributed by atoms with Gasteiger partial charge in [0.15, 0.2) is 17.5 Å². The van der Waals surface area contributed by atoms with Crippen molar-refractivity contribution in [3.8, 4) is 11.5 Å². The van der Waals surface area contributed by atoms with Crippen LogP contribution in [0.1, 0.15) is 47.0 Å². The Morgan fingerprint density at radius 2 is 1.91 bits per heavy atom. The van der Waals surface area contributed by atoms with E-state index in [9.17, 15) is 4.79 Å². The van der Waals surface area contributed by atoms with Gasteiger partial charge in [0.1, 0.15) is 0 Å². The first-order chi connectivity index (χ1) is 14.9. The Morgan fingerprint density at radius 3 is 2.62 bits per heavy atom. The molecule has 0 unspecified atom stereocenters. The van der Waals surface area contributed by atoms with Crippen LogP contribution in [-0.2, 0) is 9.53 Å². The first-order valence-electron chi connectivity index (χ1n) is 11.3. The molecule has 0 aliphatic carbocycles. The predicted molar refractivity (Wildman–Crippen MR) is 140 cm³/mol. The van der Waals surface area contributed by atoms with Gasteiger partial charge >= 0.3 is 0 Å². The van der Waals surface area contributed by atoms with Crippen molar-refractivity contribution in [2.24, 2.45) is 10.9 Å². The quantitative estimate of drug-likeness (QED) is 0.165. The van der Waals surface area contributed by atoms with Crippen LogP contribution in [0.25, 0.3) is 0 Å². The molecule has 8 nitrogen and oxygen atoms in total. The summed E-state index contributed by atoms with van der Waals surface area (Å²) in [6.07, 6.45) is 2.06. The number of ether oxygens (including phenoxy) is 3. The van der Waals surface area contributed by atoms with Gasteiger partial charge in [-0.3, -0.25) is 9.79 Å². The second-order valence-electron chi connectivity index (χ2n) is 8.29. The molecule has 1 aliphatic rings. The van der Waals surface area contributed by atoms with Crippen LogP contribution in [0.5, 0.6) is 11.5 Å². The van der Waals surface area contributed by atoms with E-state index in [2.05, 4.69) is 34.8 Å². The molecular weight excluding hydrogens is 523 g/mol. The SMILES string of the molecule is CC(C)COCCCN=C(NCCC(=O)NC(C)C)Nc1ccc2c(c1)OCCCO2.I. The molecule has 1 aromatic carbocycles. The molecule has 1 amide bonds. The van der Waals surface area contributed by atoms with Gasteiger partial charge in [0.05, 0.1) is 13.2 Å². The van der Waals surface area contributed by atoms with Gasteiger partial charge < -0.3 is 30.2 Å². The highest BCUT2D eigenvalue weighted by molar-refractivity contribution is 14.0. The number of nitrogens with zero attached hydrogens (tertiary/aromatic N) is 1. The topological polar surface area (TPSA) is 93.2 Å². The summed E-state index contributed by atoms with van der Waals surface area (Å²) < 4.78 is 17.1. The van der Waals surface area contributed by atoms with E-state index in [4.69, 9.17) is 14.2 Å². The number of nitrogens with one attached hydrogen (secondary N) is 3. The Bertz CT molecular complexity index is 713. The average molecular weight is 562 g/mol. The molecule has 3 N–H and O–H groups in total. The van der Waals surface area contributed by atoms with Gasteiger partial charge in [0.25, 0.3) is 0 Å². The first kappa shape index (κ1) is 28.3. The maximum absolute atomic E-state index is 11.9. The molecule has 0 spiro atoms. The monoisotopic (exact) mass is 562 g/mol. The van der Waals surface area contributed by atoms with E-state index in [-0.39, 0.29) is 35.9 Å². The van der Waals surface area contributed by atoms with Crippen LogP contribution >= 0.6 is 24.0 Å². The van der Waals surface area contributed by atoms with Gasteiger partial charge in [-0.15, -0.1) is 24.0 Å². The van der Waals surface area contributed by atoms with Crippen LogP contribution < -0.4 is 25.4 Å². The lowest BCUT2D eigenvalue weighted by molar-refractivity contribution is -0.121. The largest absolute Gasteiger partial charge is 0.490 e. The number of guanidine groups is 1. The van der Waals surface area contributed by atoms with Gasteiger partial charge in [-0.05, 0) is 38.3 Å². The summed E-state index contributed by atoms with van der Waals surface area (Å²) in [4.78, 5) is 16.5. The smallest absolute Gasteiger partial charge is 0.221 e. The van der Waals surface area contributed by atoms with E-state index in [1.165, 1.54) is 0 Å². The number of amides is 1. The molecule has 0 saturated heterocycles. The second-order valence-corrected chi connectivity index (χ2v) is 8.29. The van der Waals surface area contributed by atoms with Crippen LogP contribution in [0.15, 0.2) is 23.2 Å². The maximum atomic E-state index is 11.9. The van der Waals surface area contributed by atoms with E-state index in [0.717, 1.165) is 36.6 Å². The van der Waals surface area contributed by atoms with Crippen LogP contribution in [0, 0.1) is 5.92 Å². The highest BCUT2D eigenvalue weighted by atomic mass is 127. The summed E-state index contributed by atoms with van der Waals surface area (Å²) in [7, 11) is 0. The molecule has 1 aliphatic heterocycles. The Kier molecular flexibility index (Phi) is 14.1. The summed E-state index contributed by atoms with van der Waals surface area (Å²) in [6.45, 7) is 12.0. The number of anilines is 1. The summed E-state index contributed by atoms with van der Waals surface area (Å²) >= 11 is 0. The number of hydrogen-bond donors (Lipinski definition) is 3. The highest BCUT2D eigenvalue weighted by Gasteiger charge is 2.12. The Morgan fingerprint density at radius 1 is 1.16 bits per heavy atom.